The number of halogens is 2. The zero-order valence-electron chi connectivity index (χ0n) is 19.4. The number of nitrogens with zero attached hydrogens (tertiary/aromatic N) is 4. The number of carbonyl (C=O) groups is 1. The Morgan fingerprint density at radius 3 is 2.76 bits per heavy atom. The van der Waals surface area contributed by atoms with Crippen LogP contribution in [0.1, 0.15) is 18.4 Å². The number of aromatic nitrogens is 3. The average Bonchev–Trinajstić information content (AvgIpc) is 2.80. The molecule has 0 aliphatic carbocycles. The Morgan fingerprint density at radius 1 is 1.26 bits per heavy atom. The van der Waals surface area contributed by atoms with Gasteiger partial charge in [0.2, 0.25) is 5.91 Å². The summed E-state index contributed by atoms with van der Waals surface area (Å²) in [5.74, 6) is 0.0646. The fourth-order valence-electron chi connectivity index (χ4n) is 3.26. The van der Waals surface area contributed by atoms with E-state index in [0.29, 0.717) is 35.4 Å². The van der Waals surface area contributed by atoms with Gasteiger partial charge in [0.25, 0.3) is 5.56 Å². The molecule has 11 heteroatoms. The number of fused-ring (bicyclic) bond motifs is 1. The number of hydrogen-bond donors (Lipinski definition) is 2. The van der Waals surface area contributed by atoms with Crippen molar-refractivity contribution in [3.05, 3.63) is 63.2 Å². The second-order valence-electron chi connectivity index (χ2n) is 7.91. The van der Waals surface area contributed by atoms with E-state index >= 15 is 0 Å². The molecule has 0 saturated carbocycles. The number of nitrogens with one attached hydrogen (secondary N) is 2. The fourth-order valence-corrected chi connectivity index (χ4v) is 3.43. The molecule has 0 atom stereocenters. The first-order valence-corrected chi connectivity index (χ1v) is 11.2. The van der Waals surface area contributed by atoms with Gasteiger partial charge in [0.05, 0.1) is 22.6 Å². The monoisotopic (exact) mass is 490 g/mol. The van der Waals surface area contributed by atoms with E-state index < -0.39 is 5.82 Å². The summed E-state index contributed by atoms with van der Waals surface area (Å²) in [5.41, 5.74) is 0.627. The van der Waals surface area contributed by atoms with E-state index in [9.17, 15) is 14.0 Å². The van der Waals surface area contributed by atoms with Crippen molar-refractivity contribution in [3.8, 4) is 5.75 Å². The molecule has 0 aliphatic rings. The summed E-state index contributed by atoms with van der Waals surface area (Å²) in [6.45, 7) is 4.36. The van der Waals surface area contributed by atoms with Gasteiger partial charge in [-0.15, -0.1) is 0 Å². The SMILES string of the molecule is CCN(CCN(C)C)C(=O)CNCc1nccc2c(=O)[nH]c(COc3ccc(F)c(Cl)c3)nc12. The highest BCUT2D eigenvalue weighted by Gasteiger charge is 2.14. The van der Waals surface area contributed by atoms with Crippen molar-refractivity contribution in [3.63, 3.8) is 0 Å². The van der Waals surface area contributed by atoms with Crippen LogP contribution in [-0.2, 0) is 17.9 Å². The Balaban J connectivity index is 1.69. The Labute approximate surface area is 201 Å². The van der Waals surface area contributed by atoms with E-state index in [1.165, 1.54) is 24.4 Å². The molecule has 182 valence electrons. The zero-order valence-corrected chi connectivity index (χ0v) is 20.2. The Kier molecular flexibility index (Phi) is 8.91. The lowest BCUT2D eigenvalue weighted by atomic mass is 10.2. The van der Waals surface area contributed by atoms with Gasteiger partial charge in [-0.25, -0.2) is 9.37 Å². The van der Waals surface area contributed by atoms with Crippen LogP contribution in [0, 0.1) is 5.82 Å². The molecule has 0 bridgehead atoms. The molecule has 1 amide bonds. The number of hydrogen-bond acceptors (Lipinski definition) is 7. The molecule has 34 heavy (non-hydrogen) atoms. The van der Waals surface area contributed by atoms with E-state index in [4.69, 9.17) is 16.3 Å². The predicted molar refractivity (Wildman–Crippen MR) is 128 cm³/mol. The summed E-state index contributed by atoms with van der Waals surface area (Å²) < 4.78 is 18.9. The molecule has 2 aromatic heterocycles. The number of pyridine rings is 1. The molecule has 9 nitrogen and oxygen atoms in total. The number of aromatic amines is 1. The van der Waals surface area contributed by atoms with Gasteiger partial charge in [-0.2, -0.15) is 0 Å². The fraction of sp³-hybridized carbons (Fsp3) is 0.391. The minimum Gasteiger partial charge on any atom is -0.486 e. The topological polar surface area (TPSA) is 103 Å². The minimum absolute atomic E-state index is 0.0116. The first kappa shape index (κ1) is 25.5. The molecular weight excluding hydrogens is 463 g/mol. The number of likely N-dealkylation sites (N-methyl/N-ethyl adjacent to an activating group) is 2. The summed E-state index contributed by atoms with van der Waals surface area (Å²) in [6.07, 6.45) is 1.53. The van der Waals surface area contributed by atoms with Crippen molar-refractivity contribution in [2.45, 2.75) is 20.1 Å². The van der Waals surface area contributed by atoms with E-state index in [0.717, 1.165) is 6.54 Å². The second kappa shape index (κ2) is 11.9. The van der Waals surface area contributed by atoms with Crippen LogP contribution in [0.3, 0.4) is 0 Å². The Hall–Kier alpha value is -3.08. The third-order valence-corrected chi connectivity index (χ3v) is 5.43. The summed E-state index contributed by atoms with van der Waals surface area (Å²) >= 11 is 5.78. The van der Waals surface area contributed by atoms with Gasteiger partial charge in [0, 0.05) is 38.4 Å². The standard InChI is InChI=1S/C23H28ClFN6O3/c1-4-31(10-9-30(2)3)21(32)13-26-12-19-22-16(7-8-27-19)23(33)29-20(28-22)14-34-15-5-6-18(25)17(24)11-15/h5-8,11,26H,4,9-10,12-14H2,1-3H3,(H,28,29,33). The van der Waals surface area contributed by atoms with Crippen molar-refractivity contribution in [2.24, 2.45) is 0 Å². The van der Waals surface area contributed by atoms with Crippen molar-refractivity contribution < 1.29 is 13.9 Å². The predicted octanol–water partition coefficient (Wildman–Crippen LogP) is 2.19. The largest absolute Gasteiger partial charge is 0.486 e. The first-order chi connectivity index (χ1) is 16.3. The van der Waals surface area contributed by atoms with Crippen LogP contribution in [0.4, 0.5) is 4.39 Å². The molecule has 0 saturated heterocycles. The zero-order chi connectivity index (χ0) is 24.7. The van der Waals surface area contributed by atoms with Crippen LogP contribution in [0.2, 0.25) is 5.02 Å². The molecule has 0 radical (unpaired) electrons. The van der Waals surface area contributed by atoms with E-state index in [-0.39, 0.29) is 42.0 Å². The number of amides is 1. The van der Waals surface area contributed by atoms with Crippen molar-refractivity contribution >= 4 is 28.4 Å². The highest BCUT2D eigenvalue weighted by molar-refractivity contribution is 6.30. The van der Waals surface area contributed by atoms with Crippen molar-refractivity contribution in [1.29, 1.82) is 0 Å². The molecule has 3 aromatic rings. The van der Waals surface area contributed by atoms with Gasteiger partial charge in [0.15, 0.2) is 0 Å². The van der Waals surface area contributed by atoms with Crippen LogP contribution in [0.15, 0.2) is 35.3 Å². The van der Waals surface area contributed by atoms with Crippen LogP contribution in [0.25, 0.3) is 10.9 Å². The molecule has 1 aromatic carbocycles. The Bertz CT molecular complexity index is 1200. The quantitative estimate of drug-likeness (QED) is 0.424. The smallest absolute Gasteiger partial charge is 0.258 e. The van der Waals surface area contributed by atoms with Crippen LogP contribution >= 0.6 is 11.6 Å². The maximum absolute atomic E-state index is 13.3. The molecular formula is C23H28ClFN6O3. The maximum Gasteiger partial charge on any atom is 0.258 e. The van der Waals surface area contributed by atoms with Crippen LogP contribution in [-0.4, -0.2) is 70.9 Å². The number of benzene rings is 1. The van der Waals surface area contributed by atoms with Gasteiger partial charge >= 0.3 is 0 Å². The third kappa shape index (κ3) is 6.72. The highest BCUT2D eigenvalue weighted by atomic mass is 35.5. The Morgan fingerprint density at radius 2 is 2.06 bits per heavy atom. The molecule has 0 unspecified atom stereocenters. The van der Waals surface area contributed by atoms with Crippen LogP contribution < -0.4 is 15.6 Å². The van der Waals surface area contributed by atoms with Crippen molar-refractivity contribution in [1.82, 2.24) is 30.1 Å². The summed E-state index contributed by atoms with van der Waals surface area (Å²) in [4.78, 5) is 40.4. The number of carbonyl (C=O) groups excluding carboxylic acids is 1. The lowest BCUT2D eigenvalue weighted by molar-refractivity contribution is -0.130. The number of ether oxygens (including phenoxy) is 1. The van der Waals surface area contributed by atoms with E-state index in [1.807, 2.05) is 25.9 Å². The first-order valence-electron chi connectivity index (χ1n) is 10.9. The summed E-state index contributed by atoms with van der Waals surface area (Å²) in [6, 6.07) is 5.57. The normalized spacial score (nSPS) is 11.2. The molecule has 2 heterocycles. The molecule has 0 aliphatic heterocycles. The van der Waals surface area contributed by atoms with Gasteiger partial charge in [0.1, 0.15) is 29.5 Å². The molecule has 0 spiro atoms. The van der Waals surface area contributed by atoms with Gasteiger partial charge in [-0.1, -0.05) is 11.6 Å². The maximum atomic E-state index is 13.3. The number of H-pyrrole nitrogens is 1. The third-order valence-electron chi connectivity index (χ3n) is 5.14. The van der Waals surface area contributed by atoms with Gasteiger partial charge < -0.3 is 24.8 Å². The average molecular weight is 491 g/mol. The minimum atomic E-state index is -0.548. The van der Waals surface area contributed by atoms with Crippen LogP contribution in [0.5, 0.6) is 5.75 Å². The highest BCUT2D eigenvalue weighted by Crippen LogP contribution is 2.21. The van der Waals surface area contributed by atoms with E-state index in [2.05, 4.69) is 20.3 Å². The van der Waals surface area contributed by atoms with E-state index in [1.54, 1.807) is 11.0 Å². The van der Waals surface area contributed by atoms with Gasteiger partial charge in [-0.05, 0) is 39.2 Å². The van der Waals surface area contributed by atoms with Crippen molar-refractivity contribution in [2.75, 3.05) is 40.3 Å². The molecule has 2 N–H and O–H groups in total. The second-order valence-corrected chi connectivity index (χ2v) is 8.32. The number of rotatable bonds is 11. The lowest BCUT2D eigenvalue weighted by Crippen LogP contribution is -2.41. The lowest BCUT2D eigenvalue weighted by Gasteiger charge is -2.23. The van der Waals surface area contributed by atoms with Gasteiger partial charge in [-0.3, -0.25) is 14.6 Å². The summed E-state index contributed by atoms with van der Waals surface area (Å²) in [5, 5.41) is 3.42. The summed E-state index contributed by atoms with van der Waals surface area (Å²) in [7, 11) is 3.93. The molecule has 0 fully saturated rings. The molecule has 3 rings (SSSR count).